The molecule has 0 saturated carbocycles. The average molecular weight is 224 g/mol. The Balaban J connectivity index is 2.05. The van der Waals surface area contributed by atoms with Gasteiger partial charge >= 0.3 is 0 Å². The number of aliphatic hydroxyl groups excluding tert-OH is 1. The van der Waals surface area contributed by atoms with Gasteiger partial charge in [-0.25, -0.2) is 9.37 Å². The average Bonchev–Trinajstić information content (AvgIpc) is 2.30. The van der Waals surface area contributed by atoms with Crippen molar-refractivity contribution in [3.05, 3.63) is 29.8 Å². The number of pyridine rings is 1. The molecule has 0 bridgehead atoms. The van der Waals surface area contributed by atoms with Gasteiger partial charge in [0.05, 0.1) is 12.3 Å². The molecule has 5 heteroatoms. The fourth-order valence-corrected chi connectivity index (χ4v) is 1.73. The van der Waals surface area contributed by atoms with E-state index in [4.69, 9.17) is 0 Å². The Morgan fingerprint density at radius 2 is 2.12 bits per heavy atom. The predicted octanol–water partition coefficient (Wildman–Crippen LogP) is 0.818. The summed E-state index contributed by atoms with van der Waals surface area (Å²) in [6.07, 6.45) is 1.90. The fraction of sp³-hybridized carbons (Fsp3) is 0.455. The third-order valence-corrected chi connectivity index (χ3v) is 2.70. The van der Waals surface area contributed by atoms with Crippen molar-refractivity contribution in [2.75, 3.05) is 13.1 Å². The molecule has 4 nitrogen and oxygen atoms in total. The van der Waals surface area contributed by atoms with E-state index in [2.05, 4.69) is 4.98 Å². The van der Waals surface area contributed by atoms with E-state index in [1.807, 2.05) is 0 Å². The highest BCUT2D eigenvalue weighted by atomic mass is 19.1. The van der Waals surface area contributed by atoms with E-state index in [9.17, 15) is 14.3 Å². The summed E-state index contributed by atoms with van der Waals surface area (Å²) in [6.45, 7) is 1.05. The maximum atomic E-state index is 12.6. The monoisotopic (exact) mass is 224 g/mol. The lowest BCUT2D eigenvalue weighted by molar-refractivity contribution is 0.0541. The first kappa shape index (κ1) is 11.0. The molecular weight excluding hydrogens is 211 g/mol. The molecule has 2 rings (SSSR count). The quantitative estimate of drug-likeness (QED) is 0.768. The number of hydrogen-bond donors (Lipinski definition) is 1. The molecule has 0 unspecified atom stereocenters. The third-order valence-electron chi connectivity index (χ3n) is 2.70. The van der Waals surface area contributed by atoms with Gasteiger partial charge in [-0.1, -0.05) is 0 Å². The smallest absolute Gasteiger partial charge is 0.272 e. The van der Waals surface area contributed by atoms with Crippen LogP contribution in [0.3, 0.4) is 0 Å². The molecule has 1 fully saturated rings. The molecule has 1 aromatic heterocycles. The van der Waals surface area contributed by atoms with E-state index >= 15 is 0 Å². The van der Waals surface area contributed by atoms with Crippen molar-refractivity contribution >= 4 is 5.91 Å². The van der Waals surface area contributed by atoms with Gasteiger partial charge in [0.25, 0.3) is 5.91 Å². The minimum absolute atomic E-state index is 0.202. The van der Waals surface area contributed by atoms with Crippen LogP contribution in [0.4, 0.5) is 4.39 Å². The molecule has 1 amide bonds. The highest BCUT2D eigenvalue weighted by Gasteiger charge is 2.22. The minimum Gasteiger partial charge on any atom is -0.393 e. The van der Waals surface area contributed by atoms with Crippen LogP contribution in [0.1, 0.15) is 23.3 Å². The van der Waals surface area contributed by atoms with E-state index in [1.54, 1.807) is 4.90 Å². The Labute approximate surface area is 92.7 Å². The molecule has 1 N–H and O–H groups in total. The number of amides is 1. The van der Waals surface area contributed by atoms with Crippen LogP contribution in [0.25, 0.3) is 0 Å². The molecule has 1 aliphatic rings. The van der Waals surface area contributed by atoms with Crippen molar-refractivity contribution in [3.63, 3.8) is 0 Å². The SMILES string of the molecule is O=C(c1ccc(F)cn1)N1CCC(O)CC1. The topological polar surface area (TPSA) is 53.4 Å². The van der Waals surface area contributed by atoms with Gasteiger partial charge in [-0.15, -0.1) is 0 Å². The van der Waals surface area contributed by atoms with Crippen molar-refractivity contribution in [1.82, 2.24) is 9.88 Å². The Morgan fingerprint density at radius 3 is 2.69 bits per heavy atom. The first-order valence-corrected chi connectivity index (χ1v) is 5.26. The second-order valence-electron chi connectivity index (χ2n) is 3.89. The predicted molar refractivity (Wildman–Crippen MR) is 55.3 cm³/mol. The minimum atomic E-state index is -0.453. The van der Waals surface area contributed by atoms with Gasteiger partial charge in [-0.3, -0.25) is 4.79 Å². The number of piperidine rings is 1. The van der Waals surface area contributed by atoms with E-state index in [-0.39, 0.29) is 17.7 Å². The maximum Gasteiger partial charge on any atom is 0.272 e. The molecule has 0 aliphatic carbocycles. The summed E-state index contributed by atoms with van der Waals surface area (Å²) < 4.78 is 12.6. The van der Waals surface area contributed by atoms with Gasteiger partial charge in [0.15, 0.2) is 0 Å². The van der Waals surface area contributed by atoms with Crippen LogP contribution >= 0.6 is 0 Å². The lowest BCUT2D eigenvalue weighted by atomic mass is 10.1. The molecule has 2 heterocycles. The molecule has 0 aromatic carbocycles. The zero-order valence-corrected chi connectivity index (χ0v) is 8.77. The Hall–Kier alpha value is -1.49. The molecule has 1 saturated heterocycles. The van der Waals surface area contributed by atoms with Crippen LogP contribution in [0.15, 0.2) is 18.3 Å². The third kappa shape index (κ3) is 2.36. The Bertz CT molecular complexity index is 372. The molecule has 16 heavy (non-hydrogen) atoms. The summed E-state index contributed by atoms with van der Waals surface area (Å²) in [5, 5.41) is 9.31. The summed E-state index contributed by atoms with van der Waals surface area (Å²) >= 11 is 0. The van der Waals surface area contributed by atoms with Gasteiger partial charge in [0.2, 0.25) is 0 Å². The summed E-state index contributed by atoms with van der Waals surface area (Å²) in [5.74, 6) is -0.655. The van der Waals surface area contributed by atoms with Gasteiger partial charge in [0.1, 0.15) is 11.5 Å². The molecule has 0 atom stereocenters. The zero-order valence-electron chi connectivity index (χ0n) is 8.77. The second-order valence-corrected chi connectivity index (χ2v) is 3.89. The van der Waals surface area contributed by atoms with Crippen molar-refractivity contribution < 1.29 is 14.3 Å². The molecule has 0 spiro atoms. The Kier molecular flexibility index (Phi) is 3.14. The van der Waals surface area contributed by atoms with Crippen molar-refractivity contribution in [3.8, 4) is 0 Å². The summed E-state index contributed by atoms with van der Waals surface area (Å²) in [4.78, 5) is 17.3. The lowest BCUT2D eigenvalue weighted by Gasteiger charge is -2.29. The number of aliphatic hydroxyl groups is 1. The highest BCUT2D eigenvalue weighted by Crippen LogP contribution is 2.12. The molecular formula is C11H13FN2O2. The highest BCUT2D eigenvalue weighted by molar-refractivity contribution is 5.92. The summed E-state index contributed by atoms with van der Waals surface area (Å²) in [6, 6.07) is 2.60. The standard InChI is InChI=1S/C11H13FN2O2/c12-8-1-2-10(13-7-8)11(16)14-5-3-9(15)4-6-14/h1-2,7,9,15H,3-6H2. The van der Waals surface area contributed by atoms with Crippen molar-refractivity contribution in [2.45, 2.75) is 18.9 Å². The number of nitrogens with zero attached hydrogens (tertiary/aromatic N) is 2. The van der Waals surface area contributed by atoms with Crippen LogP contribution < -0.4 is 0 Å². The van der Waals surface area contributed by atoms with E-state index < -0.39 is 5.82 Å². The number of carbonyl (C=O) groups is 1. The van der Waals surface area contributed by atoms with Crippen LogP contribution in [0.2, 0.25) is 0 Å². The second kappa shape index (κ2) is 4.57. The van der Waals surface area contributed by atoms with E-state index in [0.29, 0.717) is 25.9 Å². The molecule has 86 valence electrons. The summed E-state index contributed by atoms with van der Waals surface area (Å²) in [5.41, 5.74) is 0.248. The fourth-order valence-electron chi connectivity index (χ4n) is 1.73. The van der Waals surface area contributed by atoms with E-state index in [0.717, 1.165) is 6.20 Å². The number of hydrogen-bond acceptors (Lipinski definition) is 3. The molecule has 0 radical (unpaired) electrons. The maximum absolute atomic E-state index is 12.6. The van der Waals surface area contributed by atoms with Gasteiger partial charge < -0.3 is 10.0 Å². The molecule has 1 aromatic rings. The Morgan fingerprint density at radius 1 is 1.44 bits per heavy atom. The van der Waals surface area contributed by atoms with Crippen molar-refractivity contribution in [1.29, 1.82) is 0 Å². The number of halogens is 1. The van der Waals surface area contributed by atoms with Gasteiger partial charge in [-0.05, 0) is 25.0 Å². The van der Waals surface area contributed by atoms with Crippen LogP contribution in [0, 0.1) is 5.82 Å². The van der Waals surface area contributed by atoms with Gasteiger partial charge in [0, 0.05) is 13.1 Å². The van der Waals surface area contributed by atoms with Gasteiger partial charge in [-0.2, -0.15) is 0 Å². The number of likely N-dealkylation sites (tertiary alicyclic amines) is 1. The zero-order chi connectivity index (χ0) is 11.5. The normalized spacial score (nSPS) is 17.5. The summed E-state index contributed by atoms with van der Waals surface area (Å²) in [7, 11) is 0. The number of rotatable bonds is 1. The first-order valence-electron chi connectivity index (χ1n) is 5.26. The van der Waals surface area contributed by atoms with E-state index in [1.165, 1.54) is 12.1 Å². The molecule has 1 aliphatic heterocycles. The van der Waals surface area contributed by atoms with Crippen LogP contribution in [-0.4, -0.2) is 40.1 Å². The number of aromatic nitrogens is 1. The van der Waals surface area contributed by atoms with Crippen LogP contribution in [-0.2, 0) is 0 Å². The van der Waals surface area contributed by atoms with Crippen LogP contribution in [0.5, 0.6) is 0 Å². The lowest BCUT2D eigenvalue weighted by Crippen LogP contribution is -2.40. The first-order chi connectivity index (χ1) is 7.66. The largest absolute Gasteiger partial charge is 0.393 e. The van der Waals surface area contributed by atoms with Crippen molar-refractivity contribution in [2.24, 2.45) is 0 Å². The number of carbonyl (C=O) groups excluding carboxylic acids is 1.